The fourth-order valence-electron chi connectivity index (χ4n) is 2.38. The summed E-state index contributed by atoms with van der Waals surface area (Å²) in [7, 11) is 0. The lowest BCUT2D eigenvalue weighted by Crippen LogP contribution is -2.27. The van der Waals surface area contributed by atoms with Gasteiger partial charge in [0.1, 0.15) is 5.01 Å². The molecule has 0 aliphatic heterocycles. The summed E-state index contributed by atoms with van der Waals surface area (Å²) in [5.74, 6) is -0.456. The average Bonchev–Trinajstić information content (AvgIpc) is 3.10. The van der Waals surface area contributed by atoms with Crippen LogP contribution < -0.4 is 10.6 Å². The van der Waals surface area contributed by atoms with Gasteiger partial charge in [0.2, 0.25) is 11.0 Å². The quantitative estimate of drug-likeness (QED) is 0.600. The monoisotopic (exact) mass is 444 g/mol. The summed E-state index contributed by atoms with van der Waals surface area (Å²) in [5.41, 5.74) is 2.63. The van der Waals surface area contributed by atoms with Crippen molar-refractivity contribution in [1.82, 2.24) is 15.5 Å². The largest absolute Gasteiger partial charge is 0.351 e. The summed E-state index contributed by atoms with van der Waals surface area (Å²) < 4.78 is 0.712. The van der Waals surface area contributed by atoms with Crippen molar-refractivity contribution in [3.8, 4) is 10.6 Å². The van der Waals surface area contributed by atoms with Gasteiger partial charge in [0.15, 0.2) is 0 Å². The second-order valence-corrected chi connectivity index (χ2v) is 7.65. The predicted octanol–water partition coefficient (Wildman–Crippen LogP) is 4.03. The van der Waals surface area contributed by atoms with Crippen LogP contribution in [0.3, 0.4) is 0 Å². The molecule has 0 saturated carbocycles. The Balaban J connectivity index is 1.50. The summed E-state index contributed by atoms with van der Waals surface area (Å²) in [6.45, 7) is 2.24. The average molecular weight is 445 g/mol. The molecule has 1 heterocycles. The van der Waals surface area contributed by atoms with Gasteiger partial charge >= 0.3 is 0 Å². The number of halogens is 1. The lowest BCUT2D eigenvalue weighted by Gasteiger charge is -2.06. The number of carbonyl (C=O) groups is 2. The van der Waals surface area contributed by atoms with Gasteiger partial charge in [-0.3, -0.25) is 9.59 Å². The van der Waals surface area contributed by atoms with E-state index in [1.165, 1.54) is 11.3 Å². The van der Waals surface area contributed by atoms with Crippen LogP contribution in [0.4, 0.5) is 5.13 Å². The van der Waals surface area contributed by atoms with Crippen LogP contribution >= 0.6 is 27.3 Å². The summed E-state index contributed by atoms with van der Waals surface area (Å²) in [4.78, 5) is 24.2. The van der Waals surface area contributed by atoms with Crippen molar-refractivity contribution in [1.29, 1.82) is 0 Å². The molecule has 0 spiro atoms. The van der Waals surface area contributed by atoms with E-state index < -0.39 is 0 Å². The molecule has 6 nitrogen and oxygen atoms in total. The molecule has 2 N–H and O–H groups in total. The van der Waals surface area contributed by atoms with E-state index in [2.05, 4.69) is 36.8 Å². The molecular formula is C19H17BrN4O2S. The minimum atomic E-state index is -0.229. The maximum Gasteiger partial charge on any atom is 0.252 e. The van der Waals surface area contributed by atoms with Gasteiger partial charge in [-0.25, -0.2) is 0 Å². The van der Waals surface area contributed by atoms with Crippen LogP contribution in [0, 0.1) is 6.92 Å². The van der Waals surface area contributed by atoms with Crippen molar-refractivity contribution in [2.24, 2.45) is 0 Å². The second kappa shape index (κ2) is 8.88. The first-order valence-electron chi connectivity index (χ1n) is 8.26. The van der Waals surface area contributed by atoms with Crippen molar-refractivity contribution in [2.45, 2.75) is 13.3 Å². The number of rotatable bonds is 6. The Labute approximate surface area is 169 Å². The zero-order valence-corrected chi connectivity index (χ0v) is 16.9. The molecule has 138 valence electrons. The Hall–Kier alpha value is -2.58. The standard InChI is InChI=1S/C19H17BrN4O2S/c1-12-5-4-6-13(11-12)18-23-24-19(27-18)22-16(25)9-10-21-17(26)14-7-2-3-8-15(14)20/h2-8,11H,9-10H2,1H3,(H,21,26)(H,22,24,25). The van der Waals surface area contributed by atoms with Gasteiger partial charge < -0.3 is 10.6 Å². The minimum Gasteiger partial charge on any atom is -0.351 e. The second-order valence-electron chi connectivity index (χ2n) is 5.82. The molecule has 2 aromatic carbocycles. The molecule has 0 bridgehead atoms. The van der Waals surface area contributed by atoms with Crippen molar-refractivity contribution < 1.29 is 9.59 Å². The first kappa shape index (κ1) is 19.2. The molecule has 0 fully saturated rings. The fraction of sp³-hybridized carbons (Fsp3) is 0.158. The van der Waals surface area contributed by atoms with Gasteiger partial charge in [0.25, 0.3) is 5.91 Å². The zero-order valence-electron chi connectivity index (χ0n) is 14.5. The van der Waals surface area contributed by atoms with Crippen LogP contribution in [0.15, 0.2) is 53.0 Å². The number of nitrogens with zero attached hydrogens (tertiary/aromatic N) is 2. The number of hydrogen-bond acceptors (Lipinski definition) is 5. The number of amides is 2. The van der Waals surface area contributed by atoms with Crippen LogP contribution in [0.25, 0.3) is 10.6 Å². The molecule has 0 unspecified atom stereocenters. The number of carbonyl (C=O) groups excluding carboxylic acids is 2. The summed E-state index contributed by atoms with van der Waals surface area (Å²) in [6.07, 6.45) is 0.148. The van der Waals surface area contributed by atoms with Crippen LogP contribution in [0.2, 0.25) is 0 Å². The van der Waals surface area contributed by atoms with Gasteiger partial charge in [-0.15, -0.1) is 10.2 Å². The molecule has 0 saturated heterocycles. The Morgan fingerprint density at radius 2 is 1.93 bits per heavy atom. The minimum absolute atomic E-state index is 0.148. The van der Waals surface area contributed by atoms with Crippen LogP contribution in [-0.2, 0) is 4.79 Å². The van der Waals surface area contributed by atoms with Crippen molar-refractivity contribution in [3.63, 3.8) is 0 Å². The van der Waals surface area contributed by atoms with Crippen molar-refractivity contribution >= 4 is 44.2 Å². The molecule has 0 atom stereocenters. The molecule has 0 aliphatic carbocycles. The summed E-state index contributed by atoms with van der Waals surface area (Å²) in [5, 5.41) is 14.8. The van der Waals surface area contributed by atoms with E-state index in [1.807, 2.05) is 37.3 Å². The normalized spacial score (nSPS) is 10.4. The predicted molar refractivity (Wildman–Crippen MR) is 110 cm³/mol. The molecule has 27 heavy (non-hydrogen) atoms. The lowest BCUT2D eigenvalue weighted by molar-refractivity contribution is -0.116. The van der Waals surface area contributed by atoms with Gasteiger partial charge in [-0.05, 0) is 41.1 Å². The Bertz CT molecular complexity index is 974. The number of benzene rings is 2. The molecule has 0 radical (unpaired) electrons. The summed E-state index contributed by atoms with van der Waals surface area (Å²) in [6, 6.07) is 15.1. The van der Waals surface area contributed by atoms with E-state index in [0.717, 1.165) is 16.1 Å². The third-order valence-electron chi connectivity index (χ3n) is 3.69. The highest BCUT2D eigenvalue weighted by atomic mass is 79.9. The number of aromatic nitrogens is 2. The Morgan fingerprint density at radius 1 is 1.11 bits per heavy atom. The molecule has 0 aliphatic rings. The highest BCUT2D eigenvalue weighted by molar-refractivity contribution is 9.10. The molecule has 2 amide bonds. The van der Waals surface area contributed by atoms with Gasteiger partial charge in [-0.2, -0.15) is 0 Å². The van der Waals surface area contributed by atoms with E-state index in [0.29, 0.717) is 15.2 Å². The topological polar surface area (TPSA) is 84.0 Å². The van der Waals surface area contributed by atoms with E-state index in [1.54, 1.807) is 18.2 Å². The Morgan fingerprint density at radius 3 is 2.70 bits per heavy atom. The number of nitrogens with one attached hydrogen (secondary N) is 2. The van der Waals surface area contributed by atoms with E-state index in [-0.39, 0.29) is 24.8 Å². The molecular weight excluding hydrogens is 428 g/mol. The van der Waals surface area contributed by atoms with Crippen molar-refractivity contribution in [3.05, 3.63) is 64.1 Å². The smallest absolute Gasteiger partial charge is 0.252 e. The molecule has 3 rings (SSSR count). The van der Waals surface area contributed by atoms with Gasteiger partial charge in [0.05, 0.1) is 5.56 Å². The molecule has 1 aromatic heterocycles. The highest BCUT2D eigenvalue weighted by Gasteiger charge is 2.12. The maximum atomic E-state index is 12.1. The lowest BCUT2D eigenvalue weighted by atomic mass is 10.1. The van der Waals surface area contributed by atoms with Crippen LogP contribution in [0.5, 0.6) is 0 Å². The first-order valence-corrected chi connectivity index (χ1v) is 9.87. The number of hydrogen-bond donors (Lipinski definition) is 2. The zero-order chi connectivity index (χ0) is 19.2. The SMILES string of the molecule is Cc1cccc(-c2nnc(NC(=O)CCNC(=O)c3ccccc3Br)s2)c1. The third kappa shape index (κ3) is 5.21. The fourth-order valence-corrected chi connectivity index (χ4v) is 3.60. The maximum absolute atomic E-state index is 12.1. The number of aryl methyl sites for hydroxylation is 1. The van der Waals surface area contributed by atoms with Gasteiger partial charge in [0, 0.05) is 23.0 Å². The van der Waals surface area contributed by atoms with Gasteiger partial charge in [-0.1, -0.05) is 47.2 Å². The van der Waals surface area contributed by atoms with Crippen molar-refractivity contribution in [2.75, 3.05) is 11.9 Å². The highest BCUT2D eigenvalue weighted by Crippen LogP contribution is 2.26. The van der Waals surface area contributed by atoms with E-state index in [4.69, 9.17) is 0 Å². The summed E-state index contributed by atoms with van der Waals surface area (Å²) >= 11 is 4.65. The molecule has 3 aromatic rings. The first-order chi connectivity index (χ1) is 13.0. The van der Waals surface area contributed by atoms with E-state index >= 15 is 0 Å². The third-order valence-corrected chi connectivity index (χ3v) is 5.27. The van der Waals surface area contributed by atoms with Crippen LogP contribution in [0.1, 0.15) is 22.3 Å². The Kier molecular flexibility index (Phi) is 6.31. The molecule has 8 heteroatoms. The van der Waals surface area contributed by atoms with Crippen LogP contribution in [-0.4, -0.2) is 28.6 Å². The number of anilines is 1. The van der Waals surface area contributed by atoms with E-state index in [9.17, 15) is 9.59 Å².